The average Bonchev–Trinajstić information content (AvgIpc) is 2.96. The number of aryl methyl sites for hydroxylation is 1. The molecule has 0 spiro atoms. The minimum Gasteiger partial charge on any atom is -0.408 e. The third-order valence-electron chi connectivity index (χ3n) is 4.12. The first-order valence-corrected chi connectivity index (χ1v) is 7.02. The summed E-state index contributed by atoms with van der Waals surface area (Å²) in [6, 6.07) is 6.02. The quantitative estimate of drug-likeness (QED) is 0.931. The van der Waals surface area contributed by atoms with Gasteiger partial charge in [-0.25, -0.2) is 4.79 Å². The van der Waals surface area contributed by atoms with Gasteiger partial charge in [0.2, 0.25) is 0 Å². The van der Waals surface area contributed by atoms with Crippen molar-refractivity contribution in [2.24, 2.45) is 7.05 Å². The number of nitrogens with zero attached hydrogens (tertiary/aromatic N) is 1. The van der Waals surface area contributed by atoms with E-state index in [0.717, 1.165) is 23.9 Å². The van der Waals surface area contributed by atoms with Crippen LogP contribution in [-0.2, 0) is 11.8 Å². The fraction of sp³-hybridized carbons (Fsp3) is 0.533. The van der Waals surface area contributed by atoms with E-state index < -0.39 is 0 Å². The van der Waals surface area contributed by atoms with Crippen LogP contribution in [-0.4, -0.2) is 23.8 Å². The average molecular weight is 276 g/mol. The number of ether oxygens (including phenoxy) is 1. The van der Waals surface area contributed by atoms with Crippen LogP contribution in [0, 0.1) is 0 Å². The highest BCUT2D eigenvalue weighted by atomic mass is 16.5. The molecule has 1 saturated heterocycles. The second kappa shape index (κ2) is 5.07. The standard InChI is InChI=1S/C15H20N2O3/c1-9-4-7-12(19-9)14(16-2)10-5-6-11-13(8-10)20-15(18)17(11)3/h5-6,8-9,12,14,16H,4,7H2,1-3H3. The Morgan fingerprint density at radius 2 is 2.20 bits per heavy atom. The van der Waals surface area contributed by atoms with E-state index in [4.69, 9.17) is 9.15 Å². The Bertz CT molecular complexity index is 673. The number of nitrogens with one attached hydrogen (secondary N) is 1. The highest BCUT2D eigenvalue weighted by molar-refractivity contribution is 5.73. The molecule has 0 bridgehead atoms. The summed E-state index contributed by atoms with van der Waals surface area (Å²) in [5.41, 5.74) is 2.53. The van der Waals surface area contributed by atoms with Crippen LogP contribution in [0.2, 0.25) is 0 Å². The van der Waals surface area contributed by atoms with Crippen LogP contribution in [0.3, 0.4) is 0 Å². The molecule has 5 heteroatoms. The van der Waals surface area contributed by atoms with Crippen molar-refractivity contribution < 1.29 is 9.15 Å². The molecule has 1 N–H and O–H groups in total. The molecule has 0 saturated carbocycles. The van der Waals surface area contributed by atoms with E-state index >= 15 is 0 Å². The van der Waals surface area contributed by atoms with Gasteiger partial charge in [0.25, 0.3) is 0 Å². The molecule has 3 unspecified atom stereocenters. The predicted molar refractivity (Wildman–Crippen MR) is 76.8 cm³/mol. The maximum absolute atomic E-state index is 11.5. The van der Waals surface area contributed by atoms with Crippen LogP contribution in [0.4, 0.5) is 0 Å². The summed E-state index contributed by atoms with van der Waals surface area (Å²) in [5.74, 6) is -0.330. The van der Waals surface area contributed by atoms with Gasteiger partial charge in [-0.2, -0.15) is 0 Å². The molecule has 1 aromatic heterocycles. The van der Waals surface area contributed by atoms with Crippen molar-refractivity contribution in [3.63, 3.8) is 0 Å². The molecule has 1 aliphatic heterocycles. The third kappa shape index (κ3) is 2.17. The molecule has 2 aromatic rings. The maximum Gasteiger partial charge on any atom is 0.419 e. The maximum atomic E-state index is 11.5. The summed E-state index contributed by atoms with van der Waals surface area (Å²) in [4.78, 5) is 11.5. The molecule has 0 amide bonds. The lowest BCUT2D eigenvalue weighted by Gasteiger charge is -2.23. The van der Waals surface area contributed by atoms with Gasteiger partial charge in [0, 0.05) is 7.05 Å². The summed E-state index contributed by atoms with van der Waals surface area (Å²) in [6.45, 7) is 2.10. The monoisotopic (exact) mass is 276 g/mol. The second-order valence-electron chi connectivity index (χ2n) is 5.48. The SMILES string of the molecule is CNC(c1ccc2c(c1)oc(=O)n2C)C1CCC(C)O1. The van der Waals surface area contributed by atoms with Gasteiger partial charge in [0.15, 0.2) is 5.58 Å². The highest BCUT2D eigenvalue weighted by Gasteiger charge is 2.30. The highest BCUT2D eigenvalue weighted by Crippen LogP contribution is 2.31. The summed E-state index contributed by atoms with van der Waals surface area (Å²) < 4.78 is 12.7. The molecule has 0 aliphatic carbocycles. The predicted octanol–water partition coefficient (Wildman–Crippen LogP) is 1.96. The Kier molecular flexibility index (Phi) is 3.40. The van der Waals surface area contributed by atoms with E-state index in [1.165, 1.54) is 4.57 Å². The number of hydrogen-bond acceptors (Lipinski definition) is 4. The number of rotatable bonds is 3. The van der Waals surface area contributed by atoms with Crippen molar-refractivity contribution in [2.45, 2.75) is 38.0 Å². The molecule has 5 nitrogen and oxygen atoms in total. The van der Waals surface area contributed by atoms with E-state index in [2.05, 4.69) is 12.2 Å². The zero-order chi connectivity index (χ0) is 14.3. The molecule has 3 rings (SSSR count). The van der Waals surface area contributed by atoms with Gasteiger partial charge >= 0.3 is 5.76 Å². The topological polar surface area (TPSA) is 56.4 Å². The van der Waals surface area contributed by atoms with Crippen molar-refractivity contribution in [1.82, 2.24) is 9.88 Å². The lowest BCUT2D eigenvalue weighted by atomic mass is 9.99. The Labute approximate surface area is 117 Å². The fourth-order valence-electron chi connectivity index (χ4n) is 2.99. The molecule has 1 aliphatic rings. The summed E-state index contributed by atoms with van der Waals surface area (Å²) >= 11 is 0. The Balaban J connectivity index is 1.97. The molecule has 2 heterocycles. The van der Waals surface area contributed by atoms with E-state index in [9.17, 15) is 4.79 Å². The van der Waals surface area contributed by atoms with Crippen molar-refractivity contribution in [2.75, 3.05) is 7.05 Å². The molecule has 1 fully saturated rings. The zero-order valence-corrected chi connectivity index (χ0v) is 12.1. The number of hydrogen-bond donors (Lipinski definition) is 1. The van der Waals surface area contributed by atoms with Gasteiger partial charge in [0.1, 0.15) is 0 Å². The van der Waals surface area contributed by atoms with Crippen molar-refractivity contribution in [1.29, 1.82) is 0 Å². The largest absolute Gasteiger partial charge is 0.419 e. The fourth-order valence-corrected chi connectivity index (χ4v) is 2.99. The number of likely N-dealkylation sites (N-methyl/N-ethyl adjacent to an activating group) is 1. The van der Waals surface area contributed by atoms with Gasteiger partial charge < -0.3 is 14.5 Å². The van der Waals surface area contributed by atoms with Crippen molar-refractivity contribution >= 4 is 11.1 Å². The normalized spacial score (nSPS) is 24.4. The minimum atomic E-state index is -0.330. The molecular formula is C15H20N2O3. The Morgan fingerprint density at radius 1 is 1.40 bits per heavy atom. The minimum absolute atomic E-state index is 0.120. The first kappa shape index (κ1) is 13.4. The van der Waals surface area contributed by atoms with Crippen LogP contribution >= 0.6 is 0 Å². The van der Waals surface area contributed by atoms with E-state index in [1.807, 2.05) is 25.2 Å². The van der Waals surface area contributed by atoms with Gasteiger partial charge in [-0.3, -0.25) is 4.57 Å². The first-order chi connectivity index (χ1) is 9.60. The summed E-state index contributed by atoms with van der Waals surface area (Å²) in [7, 11) is 3.65. The van der Waals surface area contributed by atoms with Crippen LogP contribution in [0.5, 0.6) is 0 Å². The molecule has 20 heavy (non-hydrogen) atoms. The van der Waals surface area contributed by atoms with Gasteiger partial charge in [-0.15, -0.1) is 0 Å². The first-order valence-electron chi connectivity index (χ1n) is 7.02. The van der Waals surface area contributed by atoms with Crippen molar-refractivity contribution in [3.05, 3.63) is 34.3 Å². The van der Waals surface area contributed by atoms with Gasteiger partial charge in [0.05, 0.1) is 23.8 Å². The van der Waals surface area contributed by atoms with Crippen molar-refractivity contribution in [3.8, 4) is 0 Å². The Hall–Kier alpha value is -1.59. The van der Waals surface area contributed by atoms with Gasteiger partial charge in [-0.05, 0) is 44.5 Å². The second-order valence-corrected chi connectivity index (χ2v) is 5.48. The Morgan fingerprint density at radius 3 is 2.85 bits per heavy atom. The molecular weight excluding hydrogens is 256 g/mol. The lowest BCUT2D eigenvalue weighted by Crippen LogP contribution is -2.29. The number of oxazole rings is 1. The molecule has 3 atom stereocenters. The molecule has 0 radical (unpaired) electrons. The number of benzene rings is 1. The molecule has 108 valence electrons. The summed E-state index contributed by atoms with van der Waals surface area (Å²) in [5, 5.41) is 3.32. The van der Waals surface area contributed by atoms with Crippen LogP contribution < -0.4 is 11.1 Å². The number of fused-ring (bicyclic) bond motifs is 1. The van der Waals surface area contributed by atoms with E-state index in [1.54, 1.807) is 7.05 Å². The summed E-state index contributed by atoms with van der Waals surface area (Å²) in [6.07, 6.45) is 2.62. The van der Waals surface area contributed by atoms with Crippen LogP contribution in [0.1, 0.15) is 31.4 Å². The van der Waals surface area contributed by atoms with Crippen LogP contribution in [0.25, 0.3) is 11.1 Å². The smallest absolute Gasteiger partial charge is 0.408 e. The van der Waals surface area contributed by atoms with E-state index in [-0.39, 0.29) is 17.9 Å². The number of aromatic nitrogens is 1. The van der Waals surface area contributed by atoms with E-state index in [0.29, 0.717) is 11.7 Å². The zero-order valence-electron chi connectivity index (χ0n) is 12.1. The molecule has 1 aromatic carbocycles. The van der Waals surface area contributed by atoms with Crippen LogP contribution in [0.15, 0.2) is 27.4 Å². The lowest BCUT2D eigenvalue weighted by molar-refractivity contribution is 0.0333. The van der Waals surface area contributed by atoms with Gasteiger partial charge in [-0.1, -0.05) is 6.07 Å². The third-order valence-corrected chi connectivity index (χ3v) is 4.12.